The van der Waals surface area contributed by atoms with Gasteiger partial charge in [0.2, 0.25) is 5.95 Å². The number of piperazine rings is 1. The van der Waals surface area contributed by atoms with Crippen LogP contribution in [0.25, 0.3) is 0 Å². The zero-order chi connectivity index (χ0) is 16.9. The number of para-hydroxylation sites is 1. The second kappa shape index (κ2) is 7.38. The second-order valence-corrected chi connectivity index (χ2v) is 5.72. The van der Waals surface area contributed by atoms with E-state index in [1.165, 1.54) is 0 Å². The summed E-state index contributed by atoms with van der Waals surface area (Å²) < 4.78 is 7.71. The SMILES string of the molecule is CCOc1ccccc1C(=O)N1CCN(c2nccn2CC)CC1. The van der Waals surface area contributed by atoms with E-state index in [1.807, 2.05) is 48.5 Å². The smallest absolute Gasteiger partial charge is 0.257 e. The third-order valence-electron chi connectivity index (χ3n) is 4.30. The molecule has 0 unspecified atom stereocenters. The van der Waals surface area contributed by atoms with Crippen molar-refractivity contribution in [1.82, 2.24) is 14.5 Å². The van der Waals surface area contributed by atoms with Crippen molar-refractivity contribution < 1.29 is 9.53 Å². The minimum atomic E-state index is 0.0394. The minimum absolute atomic E-state index is 0.0394. The molecule has 0 atom stereocenters. The molecule has 6 nitrogen and oxygen atoms in total. The number of carbonyl (C=O) groups excluding carboxylic acids is 1. The van der Waals surface area contributed by atoms with Crippen LogP contribution < -0.4 is 9.64 Å². The Morgan fingerprint density at radius 1 is 1.17 bits per heavy atom. The number of carbonyl (C=O) groups is 1. The Kier molecular flexibility index (Phi) is 5.03. The van der Waals surface area contributed by atoms with Crippen LogP contribution in [0.4, 0.5) is 5.95 Å². The topological polar surface area (TPSA) is 50.6 Å². The van der Waals surface area contributed by atoms with Gasteiger partial charge < -0.3 is 19.1 Å². The number of nitrogens with zero attached hydrogens (tertiary/aromatic N) is 4. The molecule has 2 aromatic rings. The number of aryl methyl sites for hydroxylation is 1. The van der Waals surface area contributed by atoms with Crippen LogP contribution in [0.3, 0.4) is 0 Å². The number of anilines is 1. The zero-order valence-corrected chi connectivity index (χ0v) is 14.3. The van der Waals surface area contributed by atoms with Gasteiger partial charge in [0.05, 0.1) is 12.2 Å². The zero-order valence-electron chi connectivity index (χ0n) is 14.3. The molecule has 1 aromatic carbocycles. The molecule has 0 radical (unpaired) electrons. The van der Waals surface area contributed by atoms with E-state index in [2.05, 4.69) is 21.4 Å². The van der Waals surface area contributed by atoms with E-state index in [0.717, 1.165) is 25.6 Å². The maximum Gasteiger partial charge on any atom is 0.257 e. The summed E-state index contributed by atoms with van der Waals surface area (Å²) in [5.74, 6) is 1.69. The molecule has 24 heavy (non-hydrogen) atoms. The number of amides is 1. The van der Waals surface area contributed by atoms with E-state index < -0.39 is 0 Å². The van der Waals surface area contributed by atoms with Gasteiger partial charge in [-0.2, -0.15) is 0 Å². The Labute approximate surface area is 142 Å². The van der Waals surface area contributed by atoms with E-state index in [0.29, 0.717) is 31.0 Å². The molecule has 1 fully saturated rings. The molecule has 1 aliphatic heterocycles. The first kappa shape index (κ1) is 16.4. The van der Waals surface area contributed by atoms with Crippen LogP contribution in [0.1, 0.15) is 24.2 Å². The number of hydrogen-bond acceptors (Lipinski definition) is 4. The van der Waals surface area contributed by atoms with Gasteiger partial charge in [0, 0.05) is 45.1 Å². The van der Waals surface area contributed by atoms with Crippen molar-refractivity contribution >= 4 is 11.9 Å². The van der Waals surface area contributed by atoms with E-state index in [1.54, 1.807) is 0 Å². The standard InChI is InChI=1S/C18H24N4O2/c1-3-20-10-9-19-18(20)22-13-11-21(12-14-22)17(23)15-7-5-6-8-16(15)24-4-2/h5-10H,3-4,11-14H2,1-2H3. The Hall–Kier alpha value is -2.50. The van der Waals surface area contributed by atoms with Crippen molar-refractivity contribution in [3.8, 4) is 5.75 Å². The lowest BCUT2D eigenvalue weighted by Crippen LogP contribution is -2.49. The third kappa shape index (κ3) is 3.22. The molecule has 128 valence electrons. The van der Waals surface area contributed by atoms with Crippen molar-refractivity contribution in [2.24, 2.45) is 0 Å². The summed E-state index contributed by atoms with van der Waals surface area (Å²) in [6.07, 6.45) is 3.82. The summed E-state index contributed by atoms with van der Waals surface area (Å²) in [4.78, 5) is 21.4. The fraction of sp³-hybridized carbons (Fsp3) is 0.444. The van der Waals surface area contributed by atoms with Gasteiger partial charge in [-0.05, 0) is 26.0 Å². The summed E-state index contributed by atoms with van der Waals surface area (Å²) in [7, 11) is 0. The van der Waals surface area contributed by atoms with Crippen LogP contribution in [-0.4, -0.2) is 53.1 Å². The van der Waals surface area contributed by atoms with Gasteiger partial charge in [-0.3, -0.25) is 4.79 Å². The number of hydrogen-bond donors (Lipinski definition) is 0. The molecule has 2 heterocycles. The average molecular weight is 328 g/mol. The molecule has 3 rings (SSSR count). The number of benzene rings is 1. The molecular formula is C18H24N4O2. The van der Waals surface area contributed by atoms with Crippen molar-refractivity contribution in [2.45, 2.75) is 20.4 Å². The van der Waals surface area contributed by atoms with Crippen LogP contribution in [0.5, 0.6) is 5.75 Å². The number of imidazole rings is 1. The van der Waals surface area contributed by atoms with Gasteiger partial charge >= 0.3 is 0 Å². The fourth-order valence-electron chi connectivity index (χ4n) is 3.04. The molecule has 1 aromatic heterocycles. The van der Waals surface area contributed by atoms with Gasteiger partial charge in [0.1, 0.15) is 5.75 Å². The summed E-state index contributed by atoms with van der Waals surface area (Å²) in [5.41, 5.74) is 0.642. The molecule has 0 bridgehead atoms. The normalized spacial score (nSPS) is 14.8. The Balaban J connectivity index is 1.67. The lowest BCUT2D eigenvalue weighted by molar-refractivity contribution is 0.0742. The lowest BCUT2D eigenvalue weighted by Gasteiger charge is -2.35. The maximum absolute atomic E-state index is 12.8. The highest BCUT2D eigenvalue weighted by Gasteiger charge is 2.25. The molecular weight excluding hydrogens is 304 g/mol. The van der Waals surface area contributed by atoms with Gasteiger partial charge in [-0.15, -0.1) is 0 Å². The summed E-state index contributed by atoms with van der Waals surface area (Å²) >= 11 is 0. The highest BCUT2D eigenvalue weighted by Crippen LogP contribution is 2.21. The Bertz CT molecular complexity index is 690. The predicted molar refractivity (Wildman–Crippen MR) is 93.6 cm³/mol. The van der Waals surface area contributed by atoms with E-state index >= 15 is 0 Å². The number of aromatic nitrogens is 2. The van der Waals surface area contributed by atoms with Crippen LogP contribution in [0.15, 0.2) is 36.7 Å². The Morgan fingerprint density at radius 3 is 2.62 bits per heavy atom. The molecule has 6 heteroatoms. The van der Waals surface area contributed by atoms with Crippen molar-refractivity contribution in [3.63, 3.8) is 0 Å². The first-order chi connectivity index (χ1) is 11.7. The van der Waals surface area contributed by atoms with Crippen LogP contribution in [0.2, 0.25) is 0 Å². The Morgan fingerprint density at radius 2 is 1.92 bits per heavy atom. The maximum atomic E-state index is 12.8. The van der Waals surface area contributed by atoms with Gasteiger partial charge in [0.15, 0.2) is 0 Å². The van der Waals surface area contributed by atoms with Crippen LogP contribution in [0, 0.1) is 0 Å². The molecule has 0 saturated carbocycles. The molecule has 1 saturated heterocycles. The summed E-state index contributed by atoms with van der Waals surface area (Å²) in [6.45, 7) is 8.45. The van der Waals surface area contributed by atoms with Crippen molar-refractivity contribution in [3.05, 3.63) is 42.2 Å². The molecule has 0 spiro atoms. The van der Waals surface area contributed by atoms with Crippen molar-refractivity contribution in [2.75, 3.05) is 37.7 Å². The predicted octanol–water partition coefficient (Wildman–Crippen LogP) is 2.26. The molecule has 1 aliphatic rings. The monoisotopic (exact) mass is 328 g/mol. The quantitative estimate of drug-likeness (QED) is 0.845. The van der Waals surface area contributed by atoms with Gasteiger partial charge in [-0.25, -0.2) is 4.98 Å². The molecule has 0 N–H and O–H groups in total. The fourth-order valence-corrected chi connectivity index (χ4v) is 3.04. The highest BCUT2D eigenvalue weighted by molar-refractivity contribution is 5.97. The first-order valence-electron chi connectivity index (χ1n) is 8.51. The summed E-state index contributed by atoms with van der Waals surface area (Å²) in [6, 6.07) is 7.46. The van der Waals surface area contributed by atoms with Crippen LogP contribution in [-0.2, 0) is 6.54 Å². The van der Waals surface area contributed by atoms with Crippen LogP contribution >= 0.6 is 0 Å². The van der Waals surface area contributed by atoms with Crippen molar-refractivity contribution in [1.29, 1.82) is 0 Å². The molecule has 0 aliphatic carbocycles. The van der Waals surface area contributed by atoms with E-state index in [-0.39, 0.29) is 5.91 Å². The molecule has 1 amide bonds. The first-order valence-corrected chi connectivity index (χ1v) is 8.51. The number of ether oxygens (including phenoxy) is 1. The van der Waals surface area contributed by atoms with E-state index in [9.17, 15) is 4.79 Å². The summed E-state index contributed by atoms with van der Waals surface area (Å²) in [5, 5.41) is 0. The lowest BCUT2D eigenvalue weighted by atomic mass is 10.1. The van der Waals surface area contributed by atoms with Gasteiger partial charge in [0.25, 0.3) is 5.91 Å². The third-order valence-corrected chi connectivity index (χ3v) is 4.30. The minimum Gasteiger partial charge on any atom is -0.493 e. The highest BCUT2D eigenvalue weighted by atomic mass is 16.5. The largest absolute Gasteiger partial charge is 0.493 e. The second-order valence-electron chi connectivity index (χ2n) is 5.72. The van der Waals surface area contributed by atoms with E-state index in [4.69, 9.17) is 4.74 Å². The average Bonchev–Trinajstić information content (AvgIpc) is 3.11. The number of rotatable bonds is 5. The van der Waals surface area contributed by atoms with Gasteiger partial charge in [-0.1, -0.05) is 12.1 Å².